The van der Waals surface area contributed by atoms with Crippen LogP contribution in [0.15, 0.2) is 0 Å². The summed E-state index contributed by atoms with van der Waals surface area (Å²) in [5.41, 5.74) is 0. The van der Waals surface area contributed by atoms with E-state index in [1.54, 1.807) is 4.31 Å². The molecular formula is C19H37N3O3S. The van der Waals surface area contributed by atoms with E-state index in [4.69, 9.17) is 0 Å². The fourth-order valence-corrected chi connectivity index (χ4v) is 5.43. The van der Waals surface area contributed by atoms with Gasteiger partial charge in [-0.2, -0.15) is 0 Å². The Labute approximate surface area is 159 Å². The molecule has 0 bridgehead atoms. The molecular weight excluding hydrogens is 350 g/mol. The van der Waals surface area contributed by atoms with E-state index in [1.165, 1.54) is 12.8 Å². The van der Waals surface area contributed by atoms with Crippen molar-refractivity contribution in [3.8, 4) is 0 Å². The zero-order valence-corrected chi connectivity index (χ0v) is 17.4. The molecule has 0 saturated carbocycles. The molecule has 0 spiro atoms. The number of hydrogen-bond acceptors (Lipinski definition) is 4. The molecule has 6 nitrogen and oxygen atoms in total. The lowest BCUT2D eigenvalue weighted by atomic mass is 9.98. The van der Waals surface area contributed by atoms with Crippen molar-refractivity contribution in [1.82, 2.24) is 14.5 Å². The van der Waals surface area contributed by atoms with E-state index < -0.39 is 10.0 Å². The van der Waals surface area contributed by atoms with Crippen LogP contribution < -0.4 is 5.32 Å². The molecule has 2 saturated heterocycles. The third kappa shape index (κ3) is 7.16. The summed E-state index contributed by atoms with van der Waals surface area (Å²) in [6.45, 7) is 8.71. The molecule has 0 aliphatic carbocycles. The largest absolute Gasteiger partial charge is 0.355 e. The van der Waals surface area contributed by atoms with Crippen LogP contribution in [0.3, 0.4) is 0 Å². The van der Waals surface area contributed by atoms with E-state index in [2.05, 4.69) is 24.1 Å². The van der Waals surface area contributed by atoms with Crippen LogP contribution in [0.25, 0.3) is 0 Å². The topological polar surface area (TPSA) is 69.7 Å². The van der Waals surface area contributed by atoms with Crippen molar-refractivity contribution in [3.05, 3.63) is 0 Å². The van der Waals surface area contributed by atoms with Gasteiger partial charge in [-0.05, 0) is 64.5 Å². The van der Waals surface area contributed by atoms with Gasteiger partial charge in [0.1, 0.15) is 0 Å². The van der Waals surface area contributed by atoms with Crippen molar-refractivity contribution in [3.63, 3.8) is 0 Å². The Kier molecular flexibility index (Phi) is 8.84. The average Bonchev–Trinajstić information content (AvgIpc) is 2.64. The molecule has 26 heavy (non-hydrogen) atoms. The maximum atomic E-state index is 12.3. The third-order valence-electron chi connectivity index (χ3n) is 5.80. The highest BCUT2D eigenvalue weighted by Gasteiger charge is 2.23. The Balaban J connectivity index is 1.57. The number of likely N-dealkylation sites (tertiary alicyclic amines) is 1. The molecule has 1 unspecified atom stereocenters. The van der Waals surface area contributed by atoms with Crippen LogP contribution in [0.1, 0.15) is 65.2 Å². The summed E-state index contributed by atoms with van der Waals surface area (Å²) >= 11 is 0. The van der Waals surface area contributed by atoms with Crippen LogP contribution in [0.2, 0.25) is 0 Å². The lowest BCUT2D eigenvalue weighted by Crippen LogP contribution is -2.45. The van der Waals surface area contributed by atoms with Crippen LogP contribution in [0, 0.1) is 5.92 Å². The van der Waals surface area contributed by atoms with Gasteiger partial charge in [-0.1, -0.05) is 13.3 Å². The minimum absolute atomic E-state index is 0.0394. The van der Waals surface area contributed by atoms with Gasteiger partial charge in [-0.15, -0.1) is 0 Å². The first-order valence-electron chi connectivity index (χ1n) is 10.4. The SMILES string of the molecule is CC1CCN(C(C)CNC(=O)CCCCS(=O)(=O)N2CCCCC2)CC1. The maximum Gasteiger partial charge on any atom is 0.220 e. The van der Waals surface area contributed by atoms with Crippen molar-refractivity contribution in [2.24, 2.45) is 5.92 Å². The van der Waals surface area contributed by atoms with Crippen molar-refractivity contribution in [1.29, 1.82) is 0 Å². The quantitative estimate of drug-likeness (QED) is 0.616. The van der Waals surface area contributed by atoms with Gasteiger partial charge in [0, 0.05) is 32.1 Å². The van der Waals surface area contributed by atoms with E-state index in [-0.39, 0.29) is 11.7 Å². The monoisotopic (exact) mass is 387 g/mol. The molecule has 2 rings (SSSR count). The second-order valence-electron chi connectivity index (χ2n) is 8.10. The summed E-state index contributed by atoms with van der Waals surface area (Å²) in [5, 5.41) is 3.01. The number of nitrogens with zero attached hydrogens (tertiary/aromatic N) is 2. The van der Waals surface area contributed by atoms with Gasteiger partial charge in [0.25, 0.3) is 0 Å². The number of carbonyl (C=O) groups is 1. The number of hydrogen-bond donors (Lipinski definition) is 1. The van der Waals surface area contributed by atoms with Crippen LogP contribution in [0.5, 0.6) is 0 Å². The Morgan fingerprint density at radius 1 is 1.08 bits per heavy atom. The Morgan fingerprint density at radius 3 is 2.38 bits per heavy atom. The smallest absolute Gasteiger partial charge is 0.220 e. The van der Waals surface area contributed by atoms with E-state index in [0.717, 1.165) is 38.3 Å². The first-order chi connectivity index (χ1) is 12.4. The molecule has 0 aromatic rings. The summed E-state index contributed by atoms with van der Waals surface area (Å²) in [6.07, 6.45) is 7.15. The lowest BCUT2D eigenvalue weighted by molar-refractivity contribution is -0.121. The third-order valence-corrected chi connectivity index (χ3v) is 7.76. The van der Waals surface area contributed by atoms with Gasteiger partial charge in [-0.25, -0.2) is 12.7 Å². The van der Waals surface area contributed by atoms with Crippen LogP contribution in [-0.4, -0.2) is 68.0 Å². The molecule has 0 aromatic carbocycles. The first kappa shape index (κ1) is 21.6. The molecule has 7 heteroatoms. The van der Waals surface area contributed by atoms with Crippen molar-refractivity contribution in [2.75, 3.05) is 38.5 Å². The first-order valence-corrected chi connectivity index (χ1v) is 12.0. The van der Waals surface area contributed by atoms with E-state index in [0.29, 0.717) is 44.9 Å². The normalized spacial score (nSPS) is 22.2. The Morgan fingerprint density at radius 2 is 1.73 bits per heavy atom. The summed E-state index contributed by atoms with van der Waals surface area (Å²) in [4.78, 5) is 14.5. The number of piperidine rings is 2. The molecule has 1 atom stereocenters. The molecule has 1 N–H and O–H groups in total. The standard InChI is InChI=1S/C19H37N3O3S/c1-17-9-13-21(14-10-17)18(2)16-20-19(23)8-4-7-15-26(24,25)22-11-5-3-6-12-22/h17-18H,3-16H2,1-2H3,(H,20,23). The Hall–Kier alpha value is -0.660. The summed E-state index contributed by atoms with van der Waals surface area (Å²) in [7, 11) is -3.13. The molecule has 0 aromatic heterocycles. The summed E-state index contributed by atoms with van der Waals surface area (Å²) in [5.74, 6) is 1.02. The highest BCUT2D eigenvalue weighted by atomic mass is 32.2. The van der Waals surface area contributed by atoms with Crippen molar-refractivity contribution < 1.29 is 13.2 Å². The van der Waals surface area contributed by atoms with Gasteiger partial charge in [-0.3, -0.25) is 9.69 Å². The number of sulfonamides is 1. The minimum atomic E-state index is -3.13. The highest BCUT2D eigenvalue weighted by Crippen LogP contribution is 2.18. The molecule has 2 aliphatic heterocycles. The Bertz CT molecular complexity index is 524. The second kappa shape index (κ2) is 10.6. The zero-order valence-electron chi connectivity index (χ0n) is 16.6. The minimum Gasteiger partial charge on any atom is -0.355 e. The van der Waals surface area contributed by atoms with E-state index in [9.17, 15) is 13.2 Å². The predicted molar refractivity (Wildman–Crippen MR) is 106 cm³/mol. The number of carbonyl (C=O) groups excluding carboxylic acids is 1. The molecule has 1 amide bonds. The zero-order chi connectivity index (χ0) is 19.0. The van der Waals surface area contributed by atoms with Crippen molar-refractivity contribution in [2.45, 2.75) is 71.3 Å². The van der Waals surface area contributed by atoms with Gasteiger partial charge < -0.3 is 5.32 Å². The second-order valence-corrected chi connectivity index (χ2v) is 10.2. The molecule has 0 radical (unpaired) electrons. The molecule has 2 aliphatic rings. The number of unbranched alkanes of at least 4 members (excludes halogenated alkanes) is 1. The number of nitrogens with one attached hydrogen (secondary N) is 1. The number of amides is 1. The van der Waals surface area contributed by atoms with E-state index >= 15 is 0 Å². The fraction of sp³-hybridized carbons (Fsp3) is 0.947. The van der Waals surface area contributed by atoms with Crippen LogP contribution in [0.4, 0.5) is 0 Å². The van der Waals surface area contributed by atoms with Crippen LogP contribution >= 0.6 is 0 Å². The predicted octanol–water partition coefficient (Wildman–Crippen LogP) is 2.21. The fourth-order valence-electron chi connectivity index (χ4n) is 3.79. The van der Waals surface area contributed by atoms with Gasteiger partial charge >= 0.3 is 0 Å². The number of rotatable bonds is 9. The average molecular weight is 388 g/mol. The molecule has 2 fully saturated rings. The van der Waals surface area contributed by atoms with Gasteiger partial charge in [0.2, 0.25) is 15.9 Å². The van der Waals surface area contributed by atoms with E-state index in [1.807, 2.05) is 0 Å². The molecule has 152 valence electrons. The maximum absolute atomic E-state index is 12.3. The van der Waals surface area contributed by atoms with Crippen molar-refractivity contribution >= 4 is 15.9 Å². The van der Waals surface area contributed by atoms with Crippen LogP contribution in [-0.2, 0) is 14.8 Å². The van der Waals surface area contributed by atoms with Gasteiger partial charge in [0.05, 0.1) is 5.75 Å². The summed E-state index contributed by atoms with van der Waals surface area (Å²) in [6, 6.07) is 0.367. The van der Waals surface area contributed by atoms with Gasteiger partial charge in [0.15, 0.2) is 0 Å². The summed E-state index contributed by atoms with van der Waals surface area (Å²) < 4.78 is 26.1. The lowest BCUT2D eigenvalue weighted by Gasteiger charge is -2.35. The molecule has 2 heterocycles. The highest BCUT2D eigenvalue weighted by molar-refractivity contribution is 7.89.